The second-order valence-corrected chi connectivity index (χ2v) is 9.82. The lowest BCUT2D eigenvalue weighted by atomic mass is 10.1. The minimum absolute atomic E-state index is 0.0328. The van der Waals surface area contributed by atoms with Gasteiger partial charge in [-0.25, -0.2) is 23.1 Å². The molecule has 0 unspecified atom stereocenters. The molecular weight excluding hydrogens is 443 g/mol. The molecule has 2 aromatic carbocycles. The fourth-order valence-corrected chi connectivity index (χ4v) is 5.12. The van der Waals surface area contributed by atoms with Crippen LogP contribution in [0.5, 0.6) is 5.75 Å². The summed E-state index contributed by atoms with van der Waals surface area (Å²) in [4.78, 5) is 11.5. The third kappa shape index (κ3) is 5.54. The molecule has 2 aromatic rings. The molecule has 1 heterocycles. The lowest BCUT2D eigenvalue weighted by Gasteiger charge is -2.45. The van der Waals surface area contributed by atoms with Gasteiger partial charge >= 0.3 is 6.09 Å². The summed E-state index contributed by atoms with van der Waals surface area (Å²) in [6.07, 6.45) is -3.27. The lowest BCUT2D eigenvalue weighted by Crippen LogP contribution is -2.61. The normalized spacial score (nSPS) is 21.0. The number of benzene rings is 2. The van der Waals surface area contributed by atoms with Crippen molar-refractivity contribution in [3.05, 3.63) is 59.9 Å². The van der Waals surface area contributed by atoms with E-state index in [-0.39, 0.29) is 23.9 Å². The van der Waals surface area contributed by atoms with Crippen molar-refractivity contribution in [1.82, 2.24) is 9.79 Å². The fourth-order valence-electron chi connectivity index (χ4n) is 3.40. The number of morpholine rings is 1. The van der Waals surface area contributed by atoms with Gasteiger partial charge in [-0.05, 0) is 62.7 Å². The molecule has 0 bridgehead atoms. The van der Waals surface area contributed by atoms with Crippen LogP contribution in [0.15, 0.2) is 53.4 Å². The van der Waals surface area contributed by atoms with Crippen LogP contribution in [0.3, 0.4) is 0 Å². The molecule has 174 valence electrons. The van der Waals surface area contributed by atoms with Gasteiger partial charge in [0.1, 0.15) is 24.3 Å². The van der Waals surface area contributed by atoms with E-state index in [9.17, 15) is 17.6 Å². The van der Waals surface area contributed by atoms with E-state index in [1.54, 1.807) is 32.9 Å². The highest BCUT2D eigenvalue weighted by Gasteiger charge is 2.47. The van der Waals surface area contributed by atoms with Gasteiger partial charge in [0.25, 0.3) is 0 Å². The average Bonchev–Trinajstić information content (AvgIpc) is 2.74. The van der Waals surface area contributed by atoms with Crippen molar-refractivity contribution in [1.29, 1.82) is 0 Å². The van der Waals surface area contributed by atoms with Gasteiger partial charge in [-0.3, -0.25) is 5.21 Å². The van der Waals surface area contributed by atoms with E-state index >= 15 is 0 Å². The van der Waals surface area contributed by atoms with Crippen LogP contribution in [0.1, 0.15) is 26.3 Å². The molecule has 0 aliphatic carbocycles. The quantitative estimate of drug-likeness (QED) is 0.495. The van der Waals surface area contributed by atoms with Gasteiger partial charge in [-0.15, -0.1) is 0 Å². The topological polar surface area (TPSA) is 114 Å². The zero-order valence-electron chi connectivity index (χ0n) is 17.8. The van der Waals surface area contributed by atoms with E-state index in [4.69, 9.17) is 19.4 Å². The number of ether oxygens (including phenoxy) is 3. The van der Waals surface area contributed by atoms with E-state index in [1.807, 2.05) is 0 Å². The summed E-state index contributed by atoms with van der Waals surface area (Å²) >= 11 is 0. The van der Waals surface area contributed by atoms with Gasteiger partial charge in [-0.2, -0.15) is 4.31 Å². The Morgan fingerprint density at radius 1 is 1.22 bits per heavy atom. The molecule has 1 aliphatic heterocycles. The van der Waals surface area contributed by atoms with Crippen LogP contribution in [0.25, 0.3) is 0 Å². The molecule has 1 fully saturated rings. The van der Waals surface area contributed by atoms with Gasteiger partial charge in [0.2, 0.25) is 10.0 Å². The van der Waals surface area contributed by atoms with Gasteiger partial charge in [0.15, 0.2) is 6.23 Å². The first-order valence-electron chi connectivity index (χ1n) is 9.79. The second-order valence-electron chi connectivity index (χ2n) is 7.93. The van der Waals surface area contributed by atoms with E-state index in [2.05, 4.69) is 0 Å². The van der Waals surface area contributed by atoms with Crippen LogP contribution in [0, 0.1) is 5.82 Å². The summed E-state index contributed by atoms with van der Waals surface area (Å²) in [5, 5.41) is 8.77. The molecule has 0 saturated carbocycles. The first kappa shape index (κ1) is 23.9. The maximum absolute atomic E-state index is 13.3. The zero-order valence-corrected chi connectivity index (χ0v) is 18.6. The number of nitrogens with zero attached hydrogens (tertiary/aromatic N) is 1. The zero-order chi connectivity index (χ0) is 23.5. The number of carbonyl (C=O) groups excluding carboxylic acids is 1. The van der Waals surface area contributed by atoms with Crippen LogP contribution in [-0.2, 0) is 26.1 Å². The maximum Gasteiger partial charge on any atom is 0.432 e. The summed E-state index contributed by atoms with van der Waals surface area (Å²) in [7, 11) is -4.09. The summed E-state index contributed by atoms with van der Waals surface area (Å²) in [5.74, 6) is 0.0825. The van der Waals surface area contributed by atoms with Crippen molar-refractivity contribution in [2.75, 3.05) is 6.54 Å². The largest absolute Gasteiger partial charge is 0.489 e. The monoisotopic (exact) mass is 468 g/mol. The predicted molar refractivity (Wildman–Crippen MR) is 111 cm³/mol. The number of sulfonamides is 1. The van der Waals surface area contributed by atoms with Gasteiger partial charge in [0, 0.05) is 6.54 Å². The Labute approximate surface area is 185 Å². The van der Waals surface area contributed by atoms with Crippen LogP contribution < -0.4 is 10.2 Å². The minimum atomic E-state index is -4.09. The first-order chi connectivity index (χ1) is 15.0. The van der Waals surface area contributed by atoms with Gasteiger partial charge in [0.05, 0.1) is 10.5 Å². The molecule has 11 heteroatoms. The third-order valence-electron chi connectivity index (χ3n) is 4.80. The Balaban J connectivity index is 1.79. The van der Waals surface area contributed by atoms with Crippen LogP contribution >= 0.6 is 0 Å². The Morgan fingerprint density at radius 3 is 2.44 bits per heavy atom. The number of halogens is 1. The molecule has 0 radical (unpaired) electrons. The molecule has 1 saturated heterocycles. The van der Waals surface area contributed by atoms with E-state index < -0.39 is 34.0 Å². The number of hydrogen-bond acceptors (Lipinski definition) is 7. The minimum Gasteiger partial charge on any atom is -0.489 e. The number of rotatable bonds is 6. The maximum atomic E-state index is 13.3. The highest BCUT2D eigenvalue weighted by Crippen LogP contribution is 2.32. The molecule has 1 amide bonds. The van der Waals surface area contributed by atoms with Crippen molar-refractivity contribution in [3.63, 3.8) is 0 Å². The summed E-state index contributed by atoms with van der Waals surface area (Å²) in [6, 6.07) is 11.6. The number of hydroxylamine groups is 1. The smallest absolute Gasteiger partial charge is 0.432 e. The van der Waals surface area contributed by atoms with Gasteiger partial charge < -0.3 is 14.2 Å². The molecule has 9 nitrogen and oxygen atoms in total. The molecule has 2 atom stereocenters. The predicted octanol–water partition coefficient (Wildman–Crippen LogP) is 3.03. The standard InChI is InChI=1S/C21H25FN2O7S/c1-14-19(30-20(25)23-26)24(13-21(2,3)31-14)32(27,28)18-10-8-17(9-11-18)29-12-15-4-6-16(22)7-5-15/h4-11,14,19,26H,12-13H2,1-3H3,(H,23,25)/t14-,19+/m0/s1. The third-order valence-corrected chi connectivity index (χ3v) is 6.62. The summed E-state index contributed by atoms with van der Waals surface area (Å²) in [6.45, 7) is 5.13. The molecule has 0 spiro atoms. The number of carbonyl (C=O) groups is 1. The number of nitrogens with one attached hydrogen (secondary N) is 1. The highest BCUT2D eigenvalue weighted by molar-refractivity contribution is 7.89. The van der Waals surface area contributed by atoms with Crippen molar-refractivity contribution >= 4 is 16.1 Å². The Morgan fingerprint density at radius 2 is 1.84 bits per heavy atom. The Bertz CT molecular complexity index is 1040. The lowest BCUT2D eigenvalue weighted by molar-refractivity contribution is -0.190. The molecule has 3 rings (SSSR count). The molecule has 32 heavy (non-hydrogen) atoms. The second kappa shape index (κ2) is 9.41. The van der Waals surface area contributed by atoms with Crippen LogP contribution in [-0.4, -0.2) is 48.5 Å². The van der Waals surface area contributed by atoms with Crippen LogP contribution in [0.4, 0.5) is 9.18 Å². The SMILES string of the molecule is C[C@@H]1OC(C)(C)CN(S(=O)(=O)c2ccc(OCc3ccc(F)cc3)cc2)[C@@H]1OC(=O)NO. The molecule has 0 aromatic heterocycles. The van der Waals surface area contributed by atoms with Crippen LogP contribution in [0.2, 0.25) is 0 Å². The van der Waals surface area contributed by atoms with Crippen molar-refractivity contribution in [2.45, 2.75) is 50.2 Å². The Kier molecular flexibility index (Phi) is 7.03. The molecule has 2 N–H and O–H groups in total. The van der Waals surface area contributed by atoms with E-state index in [0.717, 1.165) is 9.87 Å². The fraction of sp³-hybridized carbons (Fsp3) is 0.381. The molecular formula is C21H25FN2O7S. The summed E-state index contributed by atoms with van der Waals surface area (Å²) < 4.78 is 57.2. The first-order valence-corrected chi connectivity index (χ1v) is 11.2. The van der Waals surface area contributed by atoms with Crippen molar-refractivity contribution < 1.29 is 37.0 Å². The molecule has 1 aliphatic rings. The summed E-state index contributed by atoms with van der Waals surface area (Å²) in [5.41, 5.74) is 1.25. The van der Waals surface area contributed by atoms with E-state index in [1.165, 1.54) is 41.9 Å². The van der Waals surface area contributed by atoms with Gasteiger partial charge in [-0.1, -0.05) is 12.1 Å². The average molecular weight is 469 g/mol. The van der Waals surface area contributed by atoms with Crippen molar-refractivity contribution in [2.24, 2.45) is 0 Å². The van der Waals surface area contributed by atoms with E-state index in [0.29, 0.717) is 5.75 Å². The van der Waals surface area contributed by atoms with Crippen molar-refractivity contribution in [3.8, 4) is 5.75 Å². The Hall–Kier alpha value is -2.73. The highest BCUT2D eigenvalue weighted by atomic mass is 32.2. The number of hydrogen-bond donors (Lipinski definition) is 2. The number of amides is 1.